The summed E-state index contributed by atoms with van der Waals surface area (Å²) in [6.45, 7) is 5.03. The predicted octanol–water partition coefficient (Wildman–Crippen LogP) is 3.39. The number of carbonyl (C=O) groups is 2. The summed E-state index contributed by atoms with van der Waals surface area (Å²) in [5, 5.41) is 2.86. The van der Waals surface area contributed by atoms with Crippen molar-refractivity contribution in [2.75, 3.05) is 43.5 Å². The molecule has 1 aliphatic heterocycles. The van der Waals surface area contributed by atoms with Crippen LogP contribution in [0.4, 0.5) is 16.2 Å². The molecule has 2 aromatic rings. The summed E-state index contributed by atoms with van der Waals surface area (Å²) in [5.74, 6) is -0.422. The fourth-order valence-corrected chi connectivity index (χ4v) is 3.15. The molecule has 0 atom stereocenters. The minimum atomic E-state index is -0.422. The number of hydrogen-bond acceptors (Lipinski definition) is 4. The van der Waals surface area contributed by atoms with E-state index in [1.54, 1.807) is 29.2 Å². The van der Waals surface area contributed by atoms with E-state index in [2.05, 4.69) is 41.4 Å². The zero-order chi connectivity index (χ0) is 19.2. The highest BCUT2D eigenvalue weighted by atomic mass is 16.5. The number of hydrogen-bond donors (Lipinski definition) is 1. The van der Waals surface area contributed by atoms with E-state index in [-0.39, 0.29) is 6.03 Å². The zero-order valence-corrected chi connectivity index (χ0v) is 15.8. The molecule has 1 saturated heterocycles. The smallest absolute Gasteiger partial charge is 0.337 e. The highest BCUT2D eigenvalue weighted by Crippen LogP contribution is 2.18. The number of nitrogens with one attached hydrogen (secondary N) is 1. The number of anilines is 2. The molecule has 0 unspecified atom stereocenters. The maximum atomic E-state index is 12.5. The van der Waals surface area contributed by atoms with Gasteiger partial charge in [-0.05, 0) is 42.3 Å². The van der Waals surface area contributed by atoms with Gasteiger partial charge in [0, 0.05) is 37.6 Å². The van der Waals surface area contributed by atoms with E-state index in [0.717, 1.165) is 19.5 Å². The monoisotopic (exact) mass is 367 g/mol. The Bertz CT molecular complexity index is 797. The third-order valence-corrected chi connectivity index (χ3v) is 4.81. The highest BCUT2D eigenvalue weighted by molar-refractivity contribution is 5.94. The van der Waals surface area contributed by atoms with Crippen molar-refractivity contribution in [3.05, 3.63) is 59.7 Å². The molecule has 142 valence electrons. The van der Waals surface area contributed by atoms with Crippen molar-refractivity contribution in [3.63, 3.8) is 0 Å². The first kappa shape index (κ1) is 18.8. The molecule has 3 rings (SSSR count). The maximum absolute atomic E-state index is 12.5. The number of amides is 2. The Labute approximate surface area is 159 Å². The van der Waals surface area contributed by atoms with Crippen molar-refractivity contribution >= 4 is 23.4 Å². The number of ether oxygens (including phenoxy) is 1. The number of benzene rings is 2. The zero-order valence-electron chi connectivity index (χ0n) is 15.8. The number of nitrogens with zero attached hydrogens (tertiary/aromatic N) is 2. The molecule has 1 N–H and O–H groups in total. The number of esters is 1. The lowest BCUT2D eigenvalue weighted by Crippen LogP contribution is -2.50. The summed E-state index contributed by atoms with van der Waals surface area (Å²) >= 11 is 0. The third-order valence-electron chi connectivity index (χ3n) is 4.81. The van der Waals surface area contributed by atoms with Crippen LogP contribution in [-0.2, 0) is 11.2 Å². The van der Waals surface area contributed by atoms with Crippen LogP contribution in [0.15, 0.2) is 48.5 Å². The van der Waals surface area contributed by atoms with E-state index in [9.17, 15) is 9.59 Å². The van der Waals surface area contributed by atoms with Gasteiger partial charge in [0.05, 0.1) is 12.7 Å². The lowest BCUT2D eigenvalue weighted by Gasteiger charge is -2.36. The number of methoxy groups -OCH3 is 1. The minimum Gasteiger partial charge on any atom is -0.465 e. The normalized spacial score (nSPS) is 14.0. The molecule has 0 bridgehead atoms. The van der Waals surface area contributed by atoms with Gasteiger partial charge in [-0.1, -0.05) is 25.1 Å². The molecule has 1 aliphatic rings. The molecule has 27 heavy (non-hydrogen) atoms. The highest BCUT2D eigenvalue weighted by Gasteiger charge is 2.21. The van der Waals surface area contributed by atoms with Crippen LogP contribution in [0.3, 0.4) is 0 Å². The Balaban J connectivity index is 1.56. The van der Waals surface area contributed by atoms with E-state index in [0.29, 0.717) is 24.3 Å². The van der Waals surface area contributed by atoms with Crippen LogP contribution in [0.1, 0.15) is 22.8 Å². The summed E-state index contributed by atoms with van der Waals surface area (Å²) in [6.07, 6.45) is 1.03. The number of rotatable bonds is 4. The van der Waals surface area contributed by atoms with Crippen LogP contribution in [0, 0.1) is 0 Å². The average molecular weight is 367 g/mol. The van der Waals surface area contributed by atoms with E-state index in [4.69, 9.17) is 4.74 Å². The van der Waals surface area contributed by atoms with Crippen molar-refractivity contribution in [1.29, 1.82) is 0 Å². The topological polar surface area (TPSA) is 61.9 Å². The second kappa shape index (κ2) is 8.58. The largest absolute Gasteiger partial charge is 0.465 e. The molecule has 0 spiro atoms. The number of aryl methyl sites for hydroxylation is 1. The van der Waals surface area contributed by atoms with E-state index < -0.39 is 5.97 Å². The predicted molar refractivity (Wildman–Crippen MR) is 106 cm³/mol. The van der Waals surface area contributed by atoms with Crippen LogP contribution >= 0.6 is 0 Å². The molecule has 6 nitrogen and oxygen atoms in total. The Morgan fingerprint density at radius 3 is 2.37 bits per heavy atom. The third kappa shape index (κ3) is 4.58. The van der Waals surface area contributed by atoms with Crippen molar-refractivity contribution in [2.45, 2.75) is 13.3 Å². The van der Waals surface area contributed by atoms with Gasteiger partial charge in [-0.15, -0.1) is 0 Å². The molecule has 6 heteroatoms. The first-order valence-electron chi connectivity index (χ1n) is 9.19. The quantitative estimate of drug-likeness (QED) is 0.842. The van der Waals surface area contributed by atoms with Crippen molar-refractivity contribution in [1.82, 2.24) is 4.90 Å². The maximum Gasteiger partial charge on any atom is 0.337 e. The molecular formula is C21H25N3O3. The Morgan fingerprint density at radius 2 is 1.74 bits per heavy atom. The van der Waals surface area contributed by atoms with Crippen molar-refractivity contribution in [2.24, 2.45) is 0 Å². The van der Waals surface area contributed by atoms with E-state index in [1.807, 2.05) is 0 Å². The van der Waals surface area contributed by atoms with Crippen LogP contribution < -0.4 is 10.2 Å². The Morgan fingerprint density at radius 1 is 1.04 bits per heavy atom. The second-order valence-electron chi connectivity index (χ2n) is 6.50. The second-order valence-corrected chi connectivity index (χ2v) is 6.50. The van der Waals surface area contributed by atoms with Gasteiger partial charge in [-0.2, -0.15) is 0 Å². The fourth-order valence-electron chi connectivity index (χ4n) is 3.15. The number of carbonyl (C=O) groups excluding carboxylic acids is 2. The first-order chi connectivity index (χ1) is 13.1. The average Bonchev–Trinajstić information content (AvgIpc) is 2.73. The molecular weight excluding hydrogens is 342 g/mol. The standard InChI is InChI=1S/C21H25N3O3/c1-3-16-7-9-19(10-8-16)23-11-13-24(14-12-23)21(26)22-18-6-4-5-17(15-18)20(25)27-2/h4-10,15H,3,11-14H2,1-2H3,(H,22,26). The minimum absolute atomic E-state index is 0.155. The van der Waals surface area contributed by atoms with Gasteiger partial charge in [0.25, 0.3) is 0 Å². The molecule has 0 saturated carbocycles. The lowest BCUT2D eigenvalue weighted by molar-refractivity contribution is 0.0600. The van der Waals surface area contributed by atoms with E-state index in [1.165, 1.54) is 18.4 Å². The van der Waals surface area contributed by atoms with Crippen LogP contribution in [0.5, 0.6) is 0 Å². The summed E-state index contributed by atoms with van der Waals surface area (Å²) in [5.41, 5.74) is 3.51. The fraction of sp³-hybridized carbons (Fsp3) is 0.333. The molecule has 1 fully saturated rings. The number of urea groups is 1. The van der Waals surface area contributed by atoms with Crippen LogP contribution in [0.2, 0.25) is 0 Å². The SMILES string of the molecule is CCc1ccc(N2CCN(C(=O)Nc3cccc(C(=O)OC)c3)CC2)cc1. The van der Waals surface area contributed by atoms with Crippen molar-refractivity contribution in [3.8, 4) is 0 Å². The van der Waals surface area contributed by atoms with Crippen LogP contribution in [-0.4, -0.2) is 50.2 Å². The lowest BCUT2D eigenvalue weighted by atomic mass is 10.1. The molecule has 2 aromatic carbocycles. The molecule has 2 amide bonds. The van der Waals surface area contributed by atoms with Gasteiger partial charge < -0.3 is 19.9 Å². The van der Waals surface area contributed by atoms with Gasteiger partial charge in [-0.25, -0.2) is 9.59 Å². The van der Waals surface area contributed by atoms with E-state index >= 15 is 0 Å². The van der Waals surface area contributed by atoms with Crippen LogP contribution in [0.25, 0.3) is 0 Å². The summed E-state index contributed by atoms with van der Waals surface area (Å²) in [6, 6.07) is 15.2. The van der Waals surface area contributed by atoms with Gasteiger partial charge in [0.1, 0.15) is 0 Å². The summed E-state index contributed by atoms with van der Waals surface area (Å²) in [7, 11) is 1.34. The molecule has 0 aromatic heterocycles. The Kier molecular flexibility index (Phi) is 5.96. The Hall–Kier alpha value is -3.02. The van der Waals surface area contributed by atoms with Crippen molar-refractivity contribution < 1.29 is 14.3 Å². The first-order valence-corrected chi connectivity index (χ1v) is 9.19. The summed E-state index contributed by atoms with van der Waals surface area (Å²) in [4.78, 5) is 28.2. The molecule has 0 aliphatic carbocycles. The van der Waals surface area contributed by atoms with Gasteiger partial charge in [0.2, 0.25) is 0 Å². The van der Waals surface area contributed by atoms with Gasteiger partial charge in [0.15, 0.2) is 0 Å². The summed E-state index contributed by atoms with van der Waals surface area (Å²) < 4.78 is 4.71. The molecule has 1 heterocycles. The van der Waals surface area contributed by atoms with Gasteiger partial charge >= 0.3 is 12.0 Å². The van der Waals surface area contributed by atoms with Gasteiger partial charge in [-0.3, -0.25) is 0 Å². The number of piperazine rings is 1. The molecule has 0 radical (unpaired) electrons.